The van der Waals surface area contributed by atoms with Crippen molar-refractivity contribution in [1.82, 2.24) is 0 Å². The molecule has 0 aliphatic heterocycles. The molecule has 0 rings (SSSR count). The number of nitrogens with zero attached hydrogens (tertiary/aromatic N) is 9. The van der Waals surface area contributed by atoms with Crippen molar-refractivity contribution >= 4 is 0 Å². The van der Waals surface area contributed by atoms with Gasteiger partial charge in [-0.25, -0.2) is 0 Å². The van der Waals surface area contributed by atoms with Crippen LogP contribution in [0.15, 0.2) is 0 Å². The zero-order valence-corrected chi connectivity index (χ0v) is 8.23. The van der Waals surface area contributed by atoms with Gasteiger partial charge in [-0.2, -0.15) is 0 Å². The topological polar surface area (TPSA) is 176 Å². The van der Waals surface area contributed by atoms with Crippen molar-refractivity contribution < 1.29 is 35.6 Å². The summed E-state index contributed by atoms with van der Waals surface area (Å²) in [6.45, 7) is 0. The normalized spacial score (nSPS) is 2.40. The average molecular weight is 265 g/mol. The summed E-state index contributed by atoms with van der Waals surface area (Å²) in [4.78, 5) is 4.50. The molecule has 10 heavy (non-hydrogen) atoms. The molecule has 0 fully saturated rings. The van der Waals surface area contributed by atoms with Gasteiger partial charge in [0.25, 0.3) is 0 Å². The quantitative estimate of drug-likeness (QED) is 0.355. The molecule has 9 nitrogen and oxygen atoms in total. The van der Waals surface area contributed by atoms with Gasteiger partial charge < -0.3 is 33.2 Å². The summed E-state index contributed by atoms with van der Waals surface area (Å²) in [5.74, 6) is 0. The molecule has 10 heteroatoms. The van der Waals surface area contributed by atoms with Crippen LogP contribution >= 0.6 is 0 Å². The van der Waals surface area contributed by atoms with Crippen molar-refractivity contribution in [2.75, 3.05) is 0 Å². The Labute approximate surface area is 83.3 Å². The van der Waals surface area contributed by atoms with Crippen LogP contribution in [0.5, 0.6) is 0 Å². The summed E-state index contributed by atoms with van der Waals surface area (Å²) in [6.07, 6.45) is 0. The van der Waals surface area contributed by atoms with E-state index in [0.29, 0.717) is 0 Å². The van der Waals surface area contributed by atoms with Gasteiger partial charge in [-0.1, -0.05) is 0 Å². The molecular weight excluding hydrogens is 265 g/mol. The van der Waals surface area contributed by atoms with Crippen molar-refractivity contribution in [3.05, 3.63) is 47.9 Å². The van der Waals surface area contributed by atoms with Gasteiger partial charge in [-0.3, -0.25) is 14.7 Å². The molecule has 0 aromatic heterocycles. The van der Waals surface area contributed by atoms with E-state index in [-0.39, 0.29) is 35.6 Å². The summed E-state index contributed by atoms with van der Waals surface area (Å²) in [5, 5.41) is 0. The fourth-order valence-electron chi connectivity index (χ4n) is 0. The molecule has 0 aromatic carbocycles. The van der Waals surface area contributed by atoms with Gasteiger partial charge in [0.2, 0.25) is 0 Å². The number of rotatable bonds is 0. The van der Waals surface area contributed by atoms with E-state index in [1.54, 1.807) is 0 Å². The van der Waals surface area contributed by atoms with E-state index >= 15 is 0 Å². The Kier molecular flexibility index (Phi) is 210. The minimum absolute atomic E-state index is 0. The van der Waals surface area contributed by atoms with Gasteiger partial charge in [0.05, 0.1) is 0 Å². The molecule has 0 aromatic rings. The standard InChI is InChI=1S/La.3N3/c;3*1-3-2/q+3;3*-1. The third kappa shape index (κ3) is 349. The molecule has 0 heterocycles. The number of hydrogen-bond donors (Lipinski definition) is 0. The van der Waals surface area contributed by atoms with Crippen LogP contribution in [0, 0.1) is 35.6 Å². The Morgan fingerprint density at radius 2 is 0.500 bits per heavy atom. The Morgan fingerprint density at radius 3 is 0.500 bits per heavy atom. The summed E-state index contributed by atoms with van der Waals surface area (Å²) in [7, 11) is 0. The minimum Gasteiger partial charge on any atom is -0.373 e. The zero-order chi connectivity index (χ0) is 8.12. The molecule has 0 saturated heterocycles. The van der Waals surface area contributed by atoms with Gasteiger partial charge in [-0.15, -0.1) is 0 Å². The fraction of sp³-hybridized carbons (Fsp3) is 0. The van der Waals surface area contributed by atoms with Crippen LogP contribution in [-0.2, 0) is 0 Å². The Morgan fingerprint density at radius 1 is 0.500 bits per heavy atom. The third-order valence-corrected chi connectivity index (χ3v) is 0. The molecule has 0 saturated carbocycles. The second kappa shape index (κ2) is 91.4. The predicted molar refractivity (Wildman–Crippen MR) is 30.2 cm³/mol. The SMILES string of the molecule is [La+3].[N-]=[N+]=[N-].[N-]=[N+]=[N-].[N-]=[N+]=[N-]. The third-order valence-electron chi connectivity index (χ3n) is 0. The molecule has 0 bridgehead atoms. The summed E-state index contributed by atoms with van der Waals surface area (Å²) < 4.78 is 0. The Balaban J connectivity index is -0.0000000257. The number of hydrogen-bond acceptors (Lipinski definition) is 0. The van der Waals surface area contributed by atoms with Crippen LogP contribution in [-0.4, -0.2) is 0 Å². The summed E-state index contributed by atoms with van der Waals surface area (Å²) >= 11 is 0. The zero-order valence-electron chi connectivity index (χ0n) is 4.60. The van der Waals surface area contributed by atoms with Gasteiger partial charge >= 0.3 is 35.6 Å². The largest absolute Gasteiger partial charge is 3.00 e. The van der Waals surface area contributed by atoms with Crippen molar-refractivity contribution in [3.8, 4) is 0 Å². The Bertz CT molecular complexity index is 96.3. The van der Waals surface area contributed by atoms with Crippen LogP contribution in [0.25, 0.3) is 47.9 Å². The molecule has 0 radical (unpaired) electrons. The van der Waals surface area contributed by atoms with Crippen LogP contribution in [0.4, 0.5) is 0 Å². The van der Waals surface area contributed by atoms with Crippen LogP contribution in [0.3, 0.4) is 0 Å². The molecule has 0 atom stereocenters. The molecule has 0 unspecified atom stereocenters. The smallest absolute Gasteiger partial charge is 0.373 e. The van der Waals surface area contributed by atoms with E-state index in [0.717, 1.165) is 0 Å². The minimum atomic E-state index is 0. The van der Waals surface area contributed by atoms with E-state index in [4.69, 9.17) is 33.2 Å². The van der Waals surface area contributed by atoms with Gasteiger partial charge in [0, 0.05) is 0 Å². The molecule has 0 aliphatic rings. The maximum absolute atomic E-state index is 6.75. The maximum Gasteiger partial charge on any atom is 3.00 e. The first-order valence-corrected chi connectivity index (χ1v) is 1.20. The van der Waals surface area contributed by atoms with Crippen LogP contribution < -0.4 is 0 Å². The van der Waals surface area contributed by atoms with Gasteiger partial charge in [0.15, 0.2) is 0 Å². The van der Waals surface area contributed by atoms with E-state index in [1.807, 2.05) is 0 Å². The maximum atomic E-state index is 6.75. The summed E-state index contributed by atoms with van der Waals surface area (Å²) in [5.41, 5.74) is 40.5. The average Bonchev–Trinajstić information content (AvgIpc) is 1.70. The van der Waals surface area contributed by atoms with Gasteiger partial charge in [-0.05, 0) is 0 Å². The first kappa shape index (κ1) is 22.9. The van der Waals surface area contributed by atoms with Gasteiger partial charge in [0.1, 0.15) is 0 Å². The van der Waals surface area contributed by atoms with Crippen LogP contribution in [0.1, 0.15) is 0 Å². The van der Waals surface area contributed by atoms with Crippen LogP contribution in [0.2, 0.25) is 0 Å². The molecule has 48 valence electrons. The van der Waals surface area contributed by atoms with Crippen molar-refractivity contribution in [3.63, 3.8) is 0 Å². The van der Waals surface area contributed by atoms with Crippen molar-refractivity contribution in [1.29, 1.82) is 0 Å². The van der Waals surface area contributed by atoms with E-state index in [9.17, 15) is 0 Å². The molecular formula is LaN9. The van der Waals surface area contributed by atoms with E-state index in [2.05, 4.69) is 0 Å². The van der Waals surface area contributed by atoms with E-state index < -0.39 is 0 Å². The monoisotopic (exact) mass is 265 g/mol. The Hall–Kier alpha value is -0.875. The fourth-order valence-corrected chi connectivity index (χ4v) is 0. The van der Waals surface area contributed by atoms with E-state index in [1.165, 1.54) is 14.7 Å². The van der Waals surface area contributed by atoms with Crippen molar-refractivity contribution in [2.45, 2.75) is 0 Å². The summed E-state index contributed by atoms with van der Waals surface area (Å²) in [6, 6.07) is 0. The van der Waals surface area contributed by atoms with Crippen molar-refractivity contribution in [2.24, 2.45) is 0 Å². The molecule has 0 amide bonds. The molecule has 0 aliphatic carbocycles. The molecule has 0 spiro atoms. The predicted octanol–water partition coefficient (Wildman–Crippen LogP) is 2.60. The first-order valence-electron chi connectivity index (χ1n) is 1.20. The molecule has 0 N–H and O–H groups in total. The second-order valence-corrected chi connectivity index (χ2v) is 0.268. The first-order chi connectivity index (χ1) is 4.24. The second-order valence-electron chi connectivity index (χ2n) is 0.268.